The Morgan fingerprint density at radius 3 is 2.52 bits per heavy atom. The van der Waals surface area contributed by atoms with Crippen LogP contribution in [-0.4, -0.2) is 41.4 Å². The van der Waals surface area contributed by atoms with E-state index in [1.807, 2.05) is 18.2 Å². The molecule has 1 atom stereocenters. The highest BCUT2D eigenvalue weighted by molar-refractivity contribution is 5.98. The van der Waals surface area contributed by atoms with Crippen LogP contribution in [0.25, 0.3) is 0 Å². The highest BCUT2D eigenvalue weighted by atomic mass is 16.5. The molecule has 1 unspecified atom stereocenters. The lowest BCUT2D eigenvalue weighted by Crippen LogP contribution is -2.40. The van der Waals surface area contributed by atoms with Crippen molar-refractivity contribution in [3.05, 3.63) is 30.3 Å². The molecule has 0 aromatic heterocycles. The maximum absolute atomic E-state index is 12.3. The van der Waals surface area contributed by atoms with E-state index in [2.05, 4.69) is 5.32 Å². The van der Waals surface area contributed by atoms with Crippen molar-refractivity contribution >= 4 is 23.5 Å². The third kappa shape index (κ3) is 4.81. The Hall–Kier alpha value is -2.37. The number of nitrogens with one attached hydrogen (secondary N) is 1. The van der Waals surface area contributed by atoms with Gasteiger partial charge in [-0.3, -0.25) is 14.5 Å². The van der Waals surface area contributed by atoms with Crippen LogP contribution in [-0.2, 0) is 19.1 Å². The number of anilines is 1. The summed E-state index contributed by atoms with van der Waals surface area (Å²) in [6.45, 7) is 3.93. The number of hydrogen-bond acceptors (Lipinski definition) is 5. The number of esters is 1. The second-order valence-electron chi connectivity index (χ2n) is 5.80. The number of amides is 2. The lowest BCUT2D eigenvalue weighted by molar-refractivity contribution is -0.152. The minimum Gasteiger partial charge on any atom is -0.461 e. The molecule has 1 N–H and O–H groups in total. The number of benzene rings is 1. The topological polar surface area (TPSA) is 75.7 Å². The van der Waals surface area contributed by atoms with Crippen molar-refractivity contribution in [1.29, 1.82) is 0 Å². The average molecular weight is 318 g/mol. The molecule has 1 aromatic carbocycles. The summed E-state index contributed by atoms with van der Waals surface area (Å²) >= 11 is 0. The fourth-order valence-electron chi connectivity index (χ4n) is 2.44. The van der Waals surface area contributed by atoms with E-state index in [0.29, 0.717) is 19.4 Å². The number of para-hydroxylation sites is 1. The fourth-order valence-corrected chi connectivity index (χ4v) is 2.44. The summed E-state index contributed by atoms with van der Waals surface area (Å²) in [4.78, 5) is 37.4. The molecule has 0 bridgehead atoms. The van der Waals surface area contributed by atoms with Gasteiger partial charge in [0.05, 0.1) is 12.5 Å². The lowest BCUT2D eigenvalue weighted by atomic mass is 10.1. The Bertz CT molecular complexity index is 571. The summed E-state index contributed by atoms with van der Waals surface area (Å²) in [7, 11) is 0. The monoisotopic (exact) mass is 318 g/mol. The number of carbonyl (C=O) groups is 3. The Morgan fingerprint density at radius 2 is 1.96 bits per heavy atom. The molecule has 0 radical (unpaired) electrons. The molecule has 1 aromatic rings. The maximum Gasteiger partial charge on any atom is 0.329 e. The van der Waals surface area contributed by atoms with E-state index in [-0.39, 0.29) is 24.3 Å². The zero-order valence-electron chi connectivity index (χ0n) is 13.5. The van der Waals surface area contributed by atoms with Gasteiger partial charge in [-0.05, 0) is 32.4 Å². The fraction of sp³-hybridized carbons (Fsp3) is 0.471. The largest absolute Gasteiger partial charge is 0.461 e. The number of hydrogen-bond donors (Lipinski definition) is 1. The molecule has 1 fully saturated rings. The summed E-state index contributed by atoms with van der Waals surface area (Å²) in [5, 5.41) is 3.02. The van der Waals surface area contributed by atoms with Crippen molar-refractivity contribution in [3.63, 3.8) is 0 Å². The van der Waals surface area contributed by atoms with E-state index in [0.717, 1.165) is 5.69 Å². The van der Waals surface area contributed by atoms with Crippen LogP contribution in [0.4, 0.5) is 5.69 Å². The van der Waals surface area contributed by atoms with Crippen LogP contribution < -0.4 is 5.32 Å². The molecule has 1 heterocycles. The van der Waals surface area contributed by atoms with Crippen LogP contribution >= 0.6 is 0 Å². The summed E-state index contributed by atoms with van der Waals surface area (Å²) in [6, 6.07) is 8.32. The summed E-state index contributed by atoms with van der Waals surface area (Å²) < 4.78 is 5.22. The molecule has 2 rings (SSSR count). The van der Waals surface area contributed by atoms with Gasteiger partial charge in [-0.25, -0.2) is 4.79 Å². The lowest BCUT2D eigenvalue weighted by Gasteiger charge is -2.22. The average Bonchev–Trinajstić information content (AvgIpc) is 2.93. The smallest absolute Gasteiger partial charge is 0.329 e. The molecule has 0 saturated carbocycles. The van der Waals surface area contributed by atoms with Crippen LogP contribution in [0.15, 0.2) is 30.3 Å². The molecule has 1 saturated heterocycles. The Balaban J connectivity index is 2.07. The molecule has 1 aliphatic heterocycles. The summed E-state index contributed by atoms with van der Waals surface area (Å²) in [5.74, 6) is -1.02. The van der Waals surface area contributed by atoms with Gasteiger partial charge in [0.15, 0.2) is 0 Å². The van der Waals surface area contributed by atoms with Gasteiger partial charge in [-0.15, -0.1) is 0 Å². The van der Waals surface area contributed by atoms with E-state index in [4.69, 9.17) is 4.74 Å². The third-order valence-corrected chi connectivity index (χ3v) is 3.50. The number of ether oxygens (including phenoxy) is 1. The van der Waals surface area contributed by atoms with Crippen molar-refractivity contribution in [3.8, 4) is 0 Å². The van der Waals surface area contributed by atoms with Gasteiger partial charge in [0.25, 0.3) is 0 Å². The van der Waals surface area contributed by atoms with Gasteiger partial charge in [0.2, 0.25) is 11.8 Å². The van der Waals surface area contributed by atoms with Crippen LogP contribution in [0.2, 0.25) is 0 Å². The first-order valence-corrected chi connectivity index (χ1v) is 7.82. The minimum atomic E-state index is -0.819. The van der Waals surface area contributed by atoms with Crippen molar-refractivity contribution in [1.82, 2.24) is 4.90 Å². The molecule has 23 heavy (non-hydrogen) atoms. The van der Waals surface area contributed by atoms with E-state index in [9.17, 15) is 14.4 Å². The predicted molar refractivity (Wildman–Crippen MR) is 85.7 cm³/mol. The molecule has 0 spiro atoms. The summed E-state index contributed by atoms with van der Waals surface area (Å²) in [5.41, 5.74) is 0.721. The minimum absolute atomic E-state index is 0.105. The molecule has 6 heteroatoms. The van der Waals surface area contributed by atoms with Gasteiger partial charge in [-0.2, -0.15) is 0 Å². The highest BCUT2D eigenvalue weighted by Crippen LogP contribution is 2.15. The molecular formula is C17H22N2O4. The van der Waals surface area contributed by atoms with Gasteiger partial charge >= 0.3 is 5.97 Å². The van der Waals surface area contributed by atoms with Crippen molar-refractivity contribution in [2.75, 3.05) is 11.9 Å². The van der Waals surface area contributed by atoms with E-state index < -0.39 is 12.0 Å². The van der Waals surface area contributed by atoms with Crippen LogP contribution in [0, 0.1) is 0 Å². The van der Waals surface area contributed by atoms with Crippen LogP contribution in [0.3, 0.4) is 0 Å². The van der Waals surface area contributed by atoms with Crippen molar-refractivity contribution in [2.24, 2.45) is 0 Å². The quantitative estimate of drug-likeness (QED) is 0.812. The summed E-state index contributed by atoms with van der Waals surface area (Å²) in [6.07, 6.45) is 0.689. The molecule has 0 aliphatic carbocycles. The van der Waals surface area contributed by atoms with Gasteiger partial charge in [0, 0.05) is 18.7 Å². The Morgan fingerprint density at radius 1 is 1.26 bits per heavy atom. The number of imide groups is 1. The predicted octanol–water partition coefficient (Wildman–Crippen LogP) is 1.96. The first-order valence-electron chi connectivity index (χ1n) is 7.82. The second kappa shape index (κ2) is 7.76. The molecule has 2 amide bonds. The number of likely N-dealkylation sites (tertiary alicyclic amines) is 1. The number of carbonyl (C=O) groups excluding carboxylic acids is 3. The number of rotatable bonds is 6. The van der Waals surface area contributed by atoms with Gasteiger partial charge in [-0.1, -0.05) is 18.2 Å². The second-order valence-corrected chi connectivity index (χ2v) is 5.80. The zero-order valence-corrected chi connectivity index (χ0v) is 13.5. The van der Waals surface area contributed by atoms with Gasteiger partial charge < -0.3 is 10.1 Å². The Kier molecular flexibility index (Phi) is 5.73. The number of nitrogens with zero attached hydrogens (tertiary/aromatic N) is 1. The molecule has 6 nitrogen and oxygen atoms in total. The van der Waals surface area contributed by atoms with E-state index >= 15 is 0 Å². The maximum atomic E-state index is 12.3. The third-order valence-electron chi connectivity index (χ3n) is 3.50. The first-order chi connectivity index (χ1) is 11.0. The van der Waals surface area contributed by atoms with Crippen LogP contribution in [0.5, 0.6) is 0 Å². The van der Waals surface area contributed by atoms with Crippen molar-refractivity contribution in [2.45, 2.75) is 45.3 Å². The SMILES string of the molecule is CC(C)OC(=O)C(CC(=O)N1CCCC1=O)Nc1ccccc1. The van der Waals surface area contributed by atoms with E-state index in [1.165, 1.54) is 4.90 Å². The first kappa shape index (κ1) is 17.0. The molecule has 1 aliphatic rings. The molecule has 124 valence electrons. The van der Waals surface area contributed by atoms with Gasteiger partial charge in [0.1, 0.15) is 6.04 Å². The normalized spacial score (nSPS) is 15.6. The molecular weight excluding hydrogens is 296 g/mol. The van der Waals surface area contributed by atoms with E-state index in [1.54, 1.807) is 26.0 Å². The highest BCUT2D eigenvalue weighted by Gasteiger charge is 2.31. The zero-order chi connectivity index (χ0) is 16.8. The van der Waals surface area contributed by atoms with Crippen LogP contribution in [0.1, 0.15) is 33.1 Å². The Labute approximate surface area is 135 Å². The van der Waals surface area contributed by atoms with Crippen molar-refractivity contribution < 1.29 is 19.1 Å². The standard InChI is InChI=1S/C17H22N2O4/c1-12(2)23-17(22)14(18-13-7-4-3-5-8-13)11-16(21)19-10-6-9-15(19)20/h3-5,7-8,12,14,18H,6,9-11H2,1-2H3.